The summed E-state index contributed by atoms with van der Waals surface area (Å²) in [6, 6.07) is 12.5. The molecule has 86 valence electrons. The number of phenolic OH excluding ortho intramolecular Hbond substituents is 2. The van der Waals surface area contributed by atoms with E-state index in [1.54, 1.807) is 24.3 Å². The van der Waals surface area contributed by atoms with Crippen LogP contribution < -0.4 is 0 Å². The predicted molar refractivity (Wildman–Crippen MR) is 69.1 cm³/mol. The van der Waals surface area contributed by atoms with E-state index in [-0.39, 0.29) is 11.5 Å². The first-order valence-electron chi connectivity index (χ1n) is 5.43. The minimum atomic E-state index is 0.249. The fourth-order valence-corrected chi connectivity index (χ4v) is 1.74. The fraction of sp³-hybridized carbons (Fsp3) is 0.0667. The Kier molecular flexibility index (Phi) is 3.15. The second-order valence-corrected chi connectivity index (χ2v) is 3.88. The SMILES string of the molecule is C=CCc1cc(-c2ccc(O)cc2)ccc1O. The summed E-state index contributed by atoms with van der Waals surface area (Å²) in [6.07, 6.45) is 2.40. The normalized spacial score (nSPS) is 10.1. The van der Waals surface area contributed by atoms with Gasteiger partial charge in [-0.15, -0.1) is 6.58 Å². The number of aromatic hydroxyl groups is 2. The van der Waals surface area contributed by atoms with Crippen LogP contribution in [-0.4, -0.2) is 10.2 Å². The number of hydrogen-bond donors (Lipinski definition) is 2. The smallest absolute Gasteiger partial charge is 0.119 e. The van der Waals surface area contributed by atoms with Crippen LogP contribution in [0.25, 0.3) is 11.1 Å². The molecule has 17 heavy (non-hydrogen) atoms. The summed E-state index contributed by atoms with van der Waals surface area (Å²) in [5.41, 5.74) is 2.87. The molecule has 0 fully saturated rings. The maximum absolute atomic E-state index is 9.67. The van der Waals surface area contributed by atoms with Crippen molar-refractivity contribution in [3.8, 4) is 22.6 Å². The van der Waals surface area contributed by atoms with Gasteiger partial charge in [0.25, 0.3) is 0 Å². The first-order chi connectivity index (χ1) is 8.20. The first kappa shape index (κ1) is 11.3. The van der Waals surface area contributed by atoms with E-state index in [1.807, 2.05) is 24.3 Å². The summed E-state index contributed by atoms with van der Waals surface area (Å²) in [5.74, 6) is 0.534. The van der Waals surface area contributed by atoms with Gasteiger partial charge in [-0.2, -0.15) is 0 Å². The molecule has 0 unspecified atom stereocenters. The number of hydrogen-bond acceptors (Lipinski definition) is 2. The van der Waals surface area contributed by atoms with Gasteiger partial charge in [-0.1, -0.05) is 24.3 Å². The van der Waals surface area contributed by atoms with Crippen LogP contribution in [0, 0.1) is 0 Å². The van der Waals surface area contributed by atoms with Crippen LogP contribution in [0.5, 0.6) is 11.5 Å². The standard InChI is InChI=1S/C15H14O2/c1-2-3-13-10-12(6-9-15(13)17)11-4-7-14(16)8-5-11/h2,4-10,16-17H,1,3H2. The molecule has 2 aromatic carbocycles. The van der Waals surface area contributed by atoms with Crippen molar-refractivity contribution in [3.05, 3.63) is 60.7 Å². The Labute approximate surface area is 100 Å². The van der Waals surface area contributed by atoms with E-state index in [1.165, 1.54) is 0 Å². The maximum atomic E-state index is 9.67. The maximum Gasteiger partial charge on any atom is 0.119 e. The molecule has 0 saturated carbocycles. The second-order valence-electron chi connectivity index (χ2n) is 3.88. The van der Waals surface area contributed by atoms with Crippen LogP contribution in [-0.2, 0) is 6.42 Å². The Hall–Kier alpha value is -2.22. The molecule has 2 rings (SSSR count). The van der Waals surface area contributed by atoms with Crippen molar-refractivity contribution in [1.29, 1.82) is 0 Å². The van der Waals surface area contributed by atoms with Crippen molar-refractivity contribution >= 4 is 0 Å². The third-order valence-electron chi connectivity index (χ3n) is 2.64. The minimum Gasteiger partial charge on any atom is -0.508 e. The van der Waals surface area contributed by atoms with Gasteiger partial charge in [-0.3, -0.25) is 0 Å². The van der Waals surface area contributed by atoms with Gasteiger partial charge in [0.2, 0.25) is 0 Å². The van der Waals surface area contributed by atoms with E-state index >= 15 is 0 Å². The Morgan fingerprint density at radius 2 is 1.59 bits per heavy atom. The third kappa shape index (κ3) is 2.48. The molecule has 2 N–H and O–H groups in total. The number of benzene rings is 2. The number of phenols is 2. The molecule has 0 saturated heterocycles. The molecular formula is C15H14O2. The number of allylic oxidation sites excluding steroid dienone is 1. The molecule has 0 heterocycles. The van der Waals surface area contributed by atoms with Crippen molar-refractivity contribution < 1.29 is 10.2 Å². The number of rotatable bonds is 3. The lowest BCUT2D eigenvalue weighted by Crippen LogP contribution is -1.85. The van der Waals surface area contributed by atoms with E-state index in [2.05, 4.69) is 6.58 Å². The molecule has 0 amide bonds. The summed E-state index contributed by atoms with van der Waals surface area (Å²) >= 11 is 0. The Morgan fingerprint density at radius 3 is 2.24 bits per heavy atom. The van der Waals surface area contributed by atoms with Crippen molar-refractivity contribution in [1.82, 2.24) is 0 Å². The van der Waals surface area contributed by atoms with Crippen molar-refractivity contribution in [2.45, 2.75) is 6.42 Å². The van der Waals surface area contributed by atoms with E-state index in [4.69, 9.17) is 0 Å². The largest absolute Gasteiger partial charge is 0.508 e. The van der Waals surface area contributed by atoms with Crippen molar-refractivity contribution in [2.75, 3.05) is 0 Å². The quantitative estimate of drug-likeness (QED) is 0.786. The van der Waals surface area contributed by atoms with Gasteiger partial charge in [0.1, 0.15) is 11.5 Å². The van der Waals surface area contributed by atoms with Gasteiger partial charge in [-0.25, -0.2) is 0 Å². The predicted octanol–water partition coefficient (Wildman–Crippen LogP) is 3.49. The van der Waals surface area contributed by atoms with Crippen LogP contribution in [0.4, 0.5) is 0 Å². The Balaban J connectivity index is 2.42. The molecule has 2 aromatic rings. The highest BCUT2D eigenvalue weighted by Gasteiger charge is 2.03. The van der Waals surface area contributed by atoms with E-state index in [0.717, 1.165) is 16.7 Å². The summed E-state index contributed by atoms with van der Waals surface area (Å²) < 4.78 is 0. The van der Waals surface area contributed by atoms with Crippen molar-refractivity contribution in [3.63, 3.8) is 0 Å². The molecule has 0 radical (unpaired) electrons. The zero-order chi connectivity index (χ0) is 12.3. The summed E-state index contributed by atoms with van der Waals surface area (Å²) in [7, 11) is 0. The topological polar surface area (TPSA) is 40.5 Å². The molecule has 0 bridgehead atoms. The van der Waals surface area contributed by atoms with Crippen LogP contribution in [0.3, 0.4) is 0 Å². The molecule has 0 aliphatic rings. The molecule has 2 heteroatoms. The summed E-state index contributed by atoms with van der Waals surface area (Å²) in [6.45, 7) is 3.67. The van der Waals surface area contributed by atoms with Crippen LogP contribution in [0.2, 0.25) is 0 Å². The molecule has 0 aromatic heterocycles. The van der Waals surface area contributed by atoms with Gasteiger partial charge < -0.3 is 10.2 Å². The zero-order valence-electron chi connectivity index (χ0n) is 9.43. The van der Waals surface area contributed by atoms with E-state index < -0.39 is 0 Å². The average molecular weight is 226 g/mol. The van der Waals surface area contributed by atoms with E-state index in [0.29, 0.717) is 6.42 Å². The minimum absolute atomic E-state index is 0.249. The van der Waals surface area contributed by atoms with Crippen LogP contribution in [0.15, 0.2) is 55.1 Å². The molecule has 2 nitrogen and oxygen atoms in total. The monoisotopic (exact) mass is 226 g/mol. The lowest BCUT2D eigenvalue weighted by atomic mass is 10.0. The van der Waals surface area contributed by atoms with Gasteiger partial charge >= 0.3 is 0 Å². The van der Waals surface area contributed by atoms with Gasteiger partial charge in [0.15, 0.2) is 0 Å². The molecule has 0 spiro atoms. The lowest BCUT2D eigenvalue weighted by Gasteiger charge is -2.06. The molecular weight excluding hydrogens is 212 g/mol. The van der Waals surface area contributed by atoms with Gasteiger partial charge in [-0.05, 0) is 47.4 Å². The summed E-state index contributed by atoms with van der Waals surface area (Å²) in [4.78, 5) is 0. The second kappa shape index (κ2) is 4.74. The van der Waals surface area contributed by atoms with E-state index in [9.17, 15) is 10.2 Å². The molecule has 0 aliphatic carbocycles. The van der Waals surface area contributed by atoms with Gasteiger partial charge in [0, 0.05) is 0 Å². The highest BCUT2D eigenvalue weighted by molar-refractivity contribution is 5.66. The highest BCUT2D eigenvalue weighted by Crippen LogP contribution is 2.27. The van der Waals surface area contributed by atoms with Crippen LogP contribution in [0.1, 0.15) is 5.56 Å². The van der Waals surface area contributed by atoms with Crippen LogP contribution >= 0.6 is 0 Å². The average Bonchev–Trinajstić information content (AvgIpc) is 2.33. The third-order valence-corrected chi connectivity index (χ3v) is 2.64. The Bertz CT molecular complexity index is 527. The fourth-order valence-electron chi connectivity index (χ4n) is 1.74. The molecule has 0 atom stereocenters. The Morgan fingerprint density at radius 1 is 0.941 bits per heavy atom. The lowest BCUT2D eigenvalue weighted by molar-refractivity contribution is 0.469. The highest BCUT2D eigenvalue weighted by atomic mass is 16.3. The van der Waals surface area contributed by atoms with Crippen molar-refractivity contribution in [2.24, 2.45) is 0 Å². The van der Waals surface area contributed by atoms with Gasteiger partial charge in [0.05, 0.1) is 0 Å². The zero-order valence-corrected chi connectivity index (χ0v) is 9.43. The molecule has 0 aliphatic heterocycles. The first-order valence-corrected chi connectivity index (χ1v) is 5.43. The summed E-state index contributed by atoms with van der Waals surface area (Å²) in [5, 5.41) is 18.9.